The molecule has 7 heteroatoms. The van der Waals surface area contributed by atoms with Crippen LogP contribution >= 0.6 is 0 Å². The monoisotopic (exact) mass is 428 g/mol. The van der Waals surface area contributed by atoms with Crippen molar-refractivity contribution in [3.8, 4) is 5.75 Å². The molecule has 2 heterocycles. The molecule has 2 saturated heterocycles. The van der Waals surface area contributed by atoms with Crippen LogP contribution in [0.5, 0.6) is 5.75 Å². The number of hydrogen-bond donors (Lipinski definition) is 0. The molecule has 0 bridgehead atoms. The van der Waals surface area contributed by atoms with E-state index in [9.17, 15) is 9.59 Å². The molecule has 7 nitrogen and oxygen atoms in total. The highest BCUT2D eigenvalue weighted by molar-refractivity contribution is 5.85. The van der Waals surface area contributed by atoms with Crippen molar-refractivity contribution in [3.05, 3.63) is 37.0 Å². The van der Waals surface area contributed by atoms with Gasteiger partial charge in [-0.3, -0.25) is 14.5 Å². The van der Waals surface area contributed by atoms with Gasteiger partial charge < -0.3 is 19.4 Å². The van der Waals surface area contributed by atoms with Gasteiger partial charge in [0.15, 0.2) is 0 Å². The Morgan fingerprint density at radius 1 is 1.16 bits per heavy atom. The summed E-state index contributed by atoms with van der Waals surface area (Å²) in [6.07, 6.45) is 4.19. The third-order valence-corrected chi connectivity index (χ3v) is 5.89. The second-order valence-electron chi connectivity index (χ2n) is 8.51. The molecule has 2 fully saturated rings. The van der Waals surface area contributed by atoms with Crippen molar-refractivity contribution in [2.24, 2.45) is 0 Å². The zero-order chi connectivity index (χ0) is 22.2. The average Bonchev–Trinajstić information content (AvgIpc) is 2.76. The Kier molecular flexibility index (Phi) is 8.35. The zero-order valence-corrected chi connectivity index (χ0v) is 19.0. The van der Waals surface area contributed by atoms with Gasteiger partial charge in [0.1, 0.15) is 12.3 Å². The third-order valence-electron chi connectivity index (χ3n) is 5.89. The van der Waals surface area contributed by atoms with Crippen molar-refractivity contribution in [1.29, 1.82) is 0 Å². The molecule has 31 heavy (non-hydrogen) atoms. The van der Waals surface area contributed by atoms with Gasteiger partial charge in [-0.15, -0.1) is 0 Å². The smallest absolute Gasteiger partial charge is 0.246 e. The number of anilines is 1. The molecular formula is C24H36N4O3. The van der Waals surface area contributed by atoms with E-state index in [4.69, 9.17) is 4.74 Å². The Labute approximate surface area is 186 Å². The van der Waals surface area contributed by atoms with Gasteiger partial charge in [0, 0.05) is 52.2 Å². The maximum absolute atomic E-state index is 12.6. The molecule has 3 rings (SSSR count). The molecular weight excluding hydrogens is 392 g/mol. The third kappa shape index (κ3) is 6.47. The van der Waals surface area contributed by atoms with Crippen LogP contribution in [0, 0.1) is 0 Å². The van der Waals surface area contributed by atoms with Crippen molar-refractivity contribution < 1.29 is 14.3 Å². The van der Waals surface area contributed by atoms with E-state index in [-0.39, 0.29) is 24.5 Å². The van der Waals surface area contributed by atoms with Crippen molar-refractivity contribution in [3.63, 3.8) is 0 Å². The van der Waals surface area contributed by atoms with Gasteiger partial charge in [0.25, 0.3) is 0 Å². The number of ether oxygens (including phenoxy) is 1. The van der Waals surface area contributed by atoms with Crippen LogP contribution in [0.1, 0.15) is 33.1 Å². The first-order valence-electron chi connectivity index (χ1n) is 11.4. The van der Waals surface area contributed by atoms with Crippen molar-refractivity contribution in [2.75, 3.05) is 57.3 Å². The topological polar surface area (TPSA) is 56.3 Å². The second kappa shape index (κ2) is 11.2. The minimum Gasteiger partial charge on any atom is -0.489 e. The quantitative estimate of drug-likeness (QED) is 0.605. The van der Waals surface area contributed by atoms with Crippen LogP contribution in [0.25, 0.3) is 0 Å². The van der Waals surface area contributed by atoms with Crippen LogP contribution in [-0.4, -0.2) is 85.0 Å². The van der Waals surface area contributed by atoms with Gasteiger partial charge in [-0.1, -0.05) is 18.7 Å². The van der Waals surface area contributed by atoms with Gasteiger partial charge in [-0.05, 0) is 45.0 Å². The van der Waals surface area contributed by atoms with Gasteiger partial charge >= 0.3 is 0 Å². The Hall–Kier alpha value is -2.54. The maximum Gasteiger partial charge on any atom is 0.246 e. The molecule has 2 aliphatic heterocycles. The van der Waals surface area contributed by atoms with Crippen LogP contribution in [0.3, 0.4) is 0 Å². The first kappa shape index (κ1) is 23.1. The fourth-order valence-electron chi connectivity index (χ4n) is 4.13. The number of piperazine rings is 1. The van der Waals surface area contributed by atoms with Crippen LogP contribution in [0.2, 0.25) is 0 Å². The van der Waals surface area contributed by atoms with Gasteiger partial charge in [0.2, 0.25) is 11.8 Å². The fraction of sp³-hybridized carbons (Fsp3) is 0.583. The Morgan fingerprint density at radius 3 is 2.58 bits per heavy atom. The van der Waals surface area contributed by atoms with Crippen LogP contribution < -0.4 is 9.64 Å². The number of amides is 2. The lowest BCUT2D eigenvalue weighted by atomic mass is 10.1. The Morgan fingerprint density at radius 2 is 1.90 bits per heavy atom. The van der Waals surface area contributed by atoms with E-state index >= 15 is 0 Å². The number of carbonyl (C=O) groups is 2. The minimum absolute atomic E-state index is 0.0522. The summed E-state index contributed by atoms with van der Waals surface area (Å²) in [6, 6.07) is 8.21. The summed E-state index contributed by atoms with van der Waals surface area (Å²) in [6.45, 7) is 13.8. The molecule has 0 aliphatic carbocycles. The number of rotatable bonds is 9. The molecule has 1 aromatic carbocycles. The molecule has 1 aromatic rings. The molecule has 0 spiro atoms. The fourth-order valence-corrected chi connectivity index (χ4v) is 4.13. The highest BCUT2D eigenvalue weighted by Crippen LogP contribution is 2.29. The lowest BCUT2D eigenvalue weighted by Crippen LogP contribution is -2.49. The molecule has 0 unspecified atom stereocenters. The predicted octanol–water partition coefficient (Wildman–Crippen LogP) is 2.58. The molecule has 170 valence electrons. The summed E-state index contributed by atoms with van der Waals surface area (Å²) >= 11 is 0. The second-order valence-corrected chi connectivity index (χ2v) is 8.51. The normalized spacial score (nSPS) is 17.7. The SMILES string of the molecule is C=CN(CCN1CCN(c2ccccc2OC(C)C)CC1)C(=O)CN1CCCCC1=O. The molecule has 0 aromatic heterocycles. The standard InChI is InChI=1S/C24H36N4O3/c1-4-26(24(30)19-28-12-8-7-11-23(28)29)16-13-25-14-17-27(18-15-25)21-9-5-6-10-22(21)31-20(2)3/h4-6,9-10,20H,1,7-8,11-19H2,2-3H3. The Balaban J connectivity index is 1.46. The number of likely N-dealkylation sites (tertiary alicyclic amines) is 1. The highest BCUT2D eigenvalue weighted by atomic mass is 16.5. The number of benzene rings is 1. The van der Waals surface area contributed by atoms with E-state index < -0.39 is 0 Å². The lowest BCUT2D eigenvalue weighted by molar-refractivity contribution is -0.140. The van der Waals surface area contributed by atoms with E-state index in [0.29, 0.717) is 19.5 Å². The summed E-state index contributed by atoms with van der Waals surface area (Å²) in [5, 5.41) is 0. The number of hydrogen-bond acceptors (Lipinski definition) is 5. The molecule has 0 saturated carbocycles. The van der Waals surface area contributed by atoms with Crippen molar-refractivity contribution in [1.82, 2.24) is 14.7 Å². The summed E-state index contributed by atoms with van der Waals surface area (Å²) in [4.78, 5) is 32.7. The van der Waals surface area contributed by atoms with Gasteiger partial charge in [0.05, 0.1) is 11.8 Å². The van der Waals surface area contributed by atoms with Gasteiger partial charge in [-0.2, -0.15) is 0 Å². The molecule has 0 N–H and O–H groups in total. The van der Waals surface area contributed by atoms with E-state index in [0.717, 1.165) is 57.0 Å². The number of piperidine rings is 1. The number of carbonyl (C=O) groups excluding carboxylic acids is 2. The summed E-state index contributed by atoms with van der Waals surface area (Å²) in [5.41, 5.74) is 1.14. The van der Waals surface area contributed by atoms with E-state index in [1.165, 1.54) is 0 Å². The van der Waals surface area contributed by atoms with Crippen LogP contribution in [0.4, 0.5) is 5.69 Å². The first-order valence-corrected chi connectivity index (χ1v) is 11.4. The Bertz CT molecular complexity index is 759. The number of para-hydroxylation sites is 2. The van der Waals surface area contributed by atoms with Crippen molar-refractivity contribution in [2.45, 2.75) is 39.2 Å². The maximum atomic E-state index is 12.6. The van der Waals surface area contributed by atoms with Crippen LogP contribution in [0.15, 0.2) is 37.0 Å². The lowest BCUT2D eigenvalue weighted by Gasteiger charge is -2.37. The molecule has 2 aliphatic rings. The summed E-state index contributed by atoms with van der Waals surface area (Å²) in [5.74, 6) is 0.965. The van der Waals surface area contributed by atoms with Crippen molar-refractivity contribution >= 4 is 17.5 Å². The van der Waals surface area contributed by atoms with Gasteiger partial charge in [-0.25, -0.2) is 0 Å². The van der Waals surface area contributed by atoms with Crippen LogP contribution in [-0.2, 0) is 9.59 Å². The summed E-state index contributed by atoms with van der Waals surface area (Å²) < 4.78 is 5.98. The van der Waals surface area contributed by atoms with E-state index in [1.54, 1.807) is 16.0 Å². The predicted molar refractivity (Wildman–Crippen MR) is 123 cm³/mol. The largest absolute Gasteiger partial charge is 0.489 e. The highest BCUT2D eigenvalue weighted by Gasteiger charge is 2.24. The number of nitrogens with zero attached hydrogens (tertiary/aromatic N) is 4. The minimum atomic E-state index is -0.0522. The zero-order valence-electron chi connectivity index (χ0n) is 19.0. The average molecular weight is 429 g/mol. The first-order chi connectivity index (χ1) is 15.0. The molecule has 2 amide bonds. The van der Waals surface area contributed by atoms with E-state index in [1.807, 2.05) is 26.0 Å². The summed E-state index contributed by atoms with van der Waals surface area (Å²) in [7, 11) is 0. The molecule has 0 radical (unpaired) electrons. The van der Waals surface area contributed by atoms with E-state index in [2.05, 4.69) is 28.5 Å². The molecule has 0 atom stereocenters.